The predicted molar refractivity (Wildman–Crippen MR) is 123 cm³/mol. The lowest BCUT2D eigenvalue weighted by atomic mass is 10.2. The molecule has 1 atom stereocenters. The normalized spacial score (nSPS) is 12.0. The molecule has 10 heteroatoms. The highest BCUT2D eigenvalue weighted by molar-refractivity contribution is 8.00. The third-order valence-corrected chi connectivity index (χ3v) is 6.90. The lowest BCUT2D eigenvalue weighted by Gasteiger charge is -2.13. The zero-order valence-corrected chi connectivity index (χ0v) is 19.3. The Morgan fingerprint density at radius 1 is 1.10 bits per heavy atom. The van der Waals surface area contributed by atoms with Gasteiger partial charge in [-0.15, -0.1) is 11.8 Å². The lowest BCUT2D eigenvalue weighted by Crippen LogP contribution is -2.45. The number of hydrogen-bond donors (Lipinski definition) is 3. The van der Waals surface area contributed by atoms with E-state index >= 15 is 0 Å². The zero-order chi connectivity index (χ0) is 22.9. The van der Waals surface area contributed by atoms with Gasteiger partial charge in [0.1, 0.15) is 5.75 Å². The van der Waals surface area contributed by atoms with Crippen molar-refractivity contribution in [1.29, 1.82) is 0 Å². The molecule has 2 aromatic rings. The van der Waals surface area contributed by atoms with Crippen LogP contribution in [0.3, 0.4) is 0 Å². The minimum absolute atomic E-state index is 0.0780. The molecular formula is C21H27N3O5S2. The number of hydrazine groups is 1. The van der Waals surface area contributed by atoms with Crippen LogP contribution in [0.15, 0.2) is 53.4 Å². The van der Waals surface area contributed by atoms with E-state index in [2.05, 4.69) is 22.5 Å². The lowest BCUT2D eigenvalue weighted by molar-refractivity contribution is -0.121. The summed E-state index contributed by atoms with van der Waals surface area (Å²) >= 11 is 1.51. The SMILES string of the molecule is CCCCSC(C)C(=O)NNC(=O)c1cccc(S(=O)(=O)Nc2ccc(OC)cc2)c1. The Bertz CT molecular complexity index is 994. The van der Waals surface area contributed by atoms with Gasteiger partial charge in [0.25, 0.3) is 21.8 Å². The van der Waals surface area contributed by atoms with Gasteiger partial charge >= 0.3 is 0 Å². The topological polar surface area (TPSA) is 114 Å². The van der Waals surface area contributed by atoms with Crippen molar-refractivity contribution in [3.8, 4) is 5.75 Å². The summed E-state index contributed by atoms with van der Waals surface area (Å²) in [5.74, 6) is 0.530. The molecule has 0 saturated heterocycles. The molecule has 0 aliphatic rings. The second-order valence-corrected chi connectivity index (χ2v) is 9.80. The Labute approximate surface area is 187 Å². The number of thioether (sulfide) groups is 1. The van der Waals surface area contributed by atoms with Crippen LogP contribution in [-0.4, -0.2) is 38.3 Å². The maximum absolute atomic E-state index is 12.7. The first-order valence-corrected chi connectivity index (χ1v) is 12.3. The standard InChI is InChI=1S/C21H27N3O5S2/c1-4-5-13-30-15(2)20(25)22-23-21(26)16-7-6-8-19(14-16)31(27,28)24-17-9-11-18(29-3)12-10-17/h6-12,14-15,24H,4-5,13H2,1-3H3,(H,22,25)(H,23,26). The second kappa shape index (κ2) is 11.6. The molecule has 0 fully saturated rings. The molecule has 2 aromatic carbocycles. The summed E-state index contributed by atoms with van der Waals surface area (Å²) in [4.78, 5) is 24.4. The van der Waals surface area contributed by atoms with Crippen LogP contribution in [-0.2, 0) is 14.8 Å². The number of anilines is 1. The second-order valence-electron chi connectivity index (χ2n) is 6.67. The van der Waals surface area contributed by atoms with E-state index in [9.17, 15) is 18.0 Å². The summed E-state index contributed by atoms with van der Waals surface area (Å²) < 4.78 is 32.8. The minimum Gasteiger partial charge on any atom is -0.497 e. The maximum atomic E-state index is 12.7. The Balaban J connectivity index is 2.01. The first kappa shape index (κ1) is 24.5. The Morgan fingerprint density at radius 3 is 2.45 bits per heavy atom. The van der Waals surface area contributed by atoms with E-state index in [1.54, 1.807) is 31.2 Å². The van der Waals surface area contributed by atoms with Crippen LogP contribution in [0.5, 0.6) is 5.75 Å². The van der Waals surface area contributed by atoms with Crippen LogP contribution < -0.4 is 20.3 Å². The van der Waals surface area contributed by atoms with Crippen LogP contribution in [0, 0.1) is 0 Å². The van der Waals surface area contributed by atoms with Crippen LogP contribution in [0.2, 0.25) is 0 Å². The molecule has 0 saturated carbocycles. The molecule has 0 aliphatic carbocycles. The Kier molecular flexibility index (Phi) is 9.20. The Hall–Kier alpha value is -2.72. The van der Waals surface area contributed by atoms with Crippen LogP contribution in [0.4, 0.5) is 5.69 Å². The van der Waals surface area contributed by atoms with Gasteiger partial charge in [-0.2, -0.15) is 0 Å². The molecule has 0 aromatic heterocycles. The summed E-state index contributed by atoms with van der Waals surface area (Å²) in [6.45, 7) is 3.84. The van der Waals surface area contributed by atoms with Crippen molar-refractivity contribution in [3.05, 3.63) is 54.1 Å². The highest BCUT2D eigenvalue weighted by Gasteiger charge is 2.18. The van der Waals surface area contributed by atoms with Gasteiger partial charge in [-0.05, 0) is 61.6 Å². The van der Waals surface area contributed by atoms with E-state index < -0.39 is 15.9 Å². The number of carbonyl (C=O) groups is 2. The predicted octanol–water partition coefficient (Wildman–Crippen LogP) is 3.18. The fourth-order valence-electron chi connectivity index (χ4n) is 2.45. The summed E-state index contributed by atoms with van der Waals surface area (Å²) in [6, 6.07) is 12.0. The number of rotatable bonds is 10. The van der Waals surface area contributed by atoms with Gasteiger partial charge < -0.3 is 4.74 Å². The largest absolute Gasteiger partial charge is 0.497 e. The van der Waals surface area contributed by atoms with Crippen molar-refractivity contribution in [2.45, 2.75) is 36.8 Å². The van der Waals surface area contributed by atoms with Crippen molar-refractivity contribution in [1.82, 2.24) is 10.9 Å². The summed E-state index contributed by atoms with van der Waals surface area (Å²) in [5, 5.41) is -0.313. The number of unbranched alkanes of at least 4 members (excludes halogenated alkanes) is 1. The van der Waals surface area contributed by atoms with Crippen molar-refractivity contribution < 1.29 is 22.7 Å². The molecule has 2 rings (SSSR count). The minimum atomic E-state index is -3.91. The number of sulfonamides is 1. The smallest absolute Gasteiger partial charge is 0.269 e. The number of ether oxygens (including phenoxy) is 1. The first-order chi connectivity index (χ1) is 14.8. The molecule has 0 heterocycles. The highest BCUT2D eigenvalue weighted by atomic mass is 32.2. The van der Waals surface area contributed by atoms with Crippen molar-refractivity contribution in [2.24, 2.45) is 0 Å². The number of methoxy groups -OCH3 is 1. The van der Waals surface area contributed by atoms with Gasteiger partial charge in [0.15, 0.2) is 0 Å². The molecule has 168 valence electrons. The Morgan fingerprint density at radius 2 is 1.81 bits per heavy atom. The van der Waals surface area contributed by atoms with E-state index in [1.165, 1.54) is 43.1 Å². The van der Waals surface area contributed by atoms with Gasteiger partial charge in [0.05, 0.1) is 17.3 Å². The van der Waals surface area contributed by atoms with Crippen LogP contribution in [0.1, 0.15) is 37.0 Å². The zero-order valence-electron chi connectivity index (χ0n) is 17.7. The van der Waals surface area contributed by atoms with Gasteiger partial charge in [0.2, 0.25) is 0 Å². The van der Waals surface area contributed by atoms with E-state index in [0.717, 1.165) is 18.6 Å². The highest BCUT2D eigenvalue weighted by Crippen LogP contribution is 2.20. The van der Waals surface area contributed by atoms with Crippen molar-refractivity contribution in [3.63, 3.8) is 0 Å². The molecule has 2 amide bonds. The van der Waals surface area contributed by atoms with E-state index in [0.29, 0.717) is 11.4 Å². The third-order valence-electron chi connectivity index (χ3n) is 4.28. The molecule has 0 aliphatic heterocycles. The molecular weight excluding hydrogens is 438 g/mol. The van der Waals surface area contributed by atoms with Crippen LogP contribution in [0.25, 0.3) is 0 Å². The van der Waals surface area contributed by atoms with E-state index in [4.69, 9.17) is 4.74 Å². The summed E-state index contributed by atoms with van der Waals surface area (Å²) in [7, 11) is -2.39. The maximum Gasteiger partial charge on any atom is 0.269 e. The molecule has 8 nitrogen and oxygen atoms in total. The van der Waals surface area contributed by atoms with E-state index in [1.807, 2.05) is 0 Å². The van der Waals surface area contributed by atoms with Crippen LogP contribution >= 0.6 is 11.8 Å². The van der Waals surface area contributed by atoms with Gasteiger partial charge in [-0.3, -0.25) is 25.2 Å². The fraction of sp³-hybridized carbons (Fsp3) is 0.333. The van der Waals surface area contributed by atoms with E-state index in [-0.39, 0.29) is 21.6 Å². The van der Waals surface area contributed by atoms with Crippen molar-refractivity contribution >= 4 is 39.3 Å². The molecule has 0 radical (unpaired) electrons. The quantitative estimate of drug-likeness (QED) is 0.367. The average molecular weight is 466 g/mol. The third kappa shape index (κ3) is 7.48. The summed E-state index contributed by atoms with van der Waals surface area (Å²) in [6.07, 6.45) is 2.06. The average Bonchev–Trinajstić information content (AvgIpc) is 2.77. The first-order valence-electron chi connectivity index (χ1n) is 9.75. The van der Waals surface area contributed by atoms with Gasteiger partial charge in [-0.25, -0.2) is 8.42 Å². The molecule has 0 bridgehead atoms. The summed E-state index contributed by atoms with van der Waals surface area (Å²) in [5.41, 5.74) is 5.17. The molecule has 0 spiro atoms. The van der Waals surface area contributed by atoms with Gasteiger partial charge in [-0.1, -0.05) is 19.4 Å². The molecule has 31 heavy (non-hydrogen) atoms. The number of carbonyl (C=O) groups excluding carboxylic acids is 2. The number of amides is 2. The molecule has 3 N–H and O–H groups in total. The molecule has 1 unspecified atom stereocenters. The number of hydrogen-bond acceptors (Lipinski definition) is 6. The van der Waals surface area contributed by atoms with Gasteiger partial charge in [0, 0.05) is 11.3 Å². The number of benzene rings is 2. The fourth-order valence-corrected chi connectivity index (χ4v) is 4.57. The number of nitrogens with one attached hydrogen (secondary N) is 3. The monoisotopic (exact) mass is 465 g/mol. The van der Waals surface area contributed by atoms with Crippen molar-refractivity contribution in [2.75, 3.05) is 17.6 Å².